The van der Waals surface area contributed by atoms with Crippen LogP contribution in [0.1, 0.15) is 12.0 Å². The van der Waals surface area contributed by atoms with Crippen LogP contribution in [0, 0.1) is 0 Å². The first-order valence-electron chi connectivity index (χ1n) is 7.98. The Morgan fingerprint density at radius 3 is 2.76 bits per heavy atom. The summed E-state index contributed by atoms with van der Waals surface area (Å²) in [7, 11) is 1.50. The first-order chi connectivity index (χ1) is 12.2. The number of nitrogens with one attached hydrogen (secondary N) is 1. The van der Waals surface area contributed by atoms with Crippen LogP contribution in [0.5, 0.6) is 23.0 Å². The topological polar surface area (TPSA) is 98.3 Å². The van der Waals surface area contributed by atoms with Gasteiger partial charge in [-0.05, 0) is 29.8 Å². The molecule has 1 aliphatic heterocycles. The van der Waals surface area contributed by atoms with E-state index >= 15 is 0 Å². The molecule has 25 heavy (non-hydrogen) atoms. The summed E-state index contributed by atoms with van der Waals surface area (Å²) in [5.74, 6) is 2.18. The van der Waals surface area contributed by atoms with Gasteiger partial charge in [0, 0.05) is 18.2 Å². The van der Waals surface area contributed by atoms with E-state index in [4.69, 9.17) is 19.9 Å². The van der Waals surface area contributed by atoms with Gasteiger partial charge in [-0.25, -0.2) is 4.99 Å². The molecule has 0 spiro atoms. The van der Waals surface area contributed by atoms with Gasteiger partial charge in [-0.2, -0.15) is 0 Å². The van der Waals surface area contributed by atoms with Crippen molar-refractivity contribution in [1.29, 1.82) is 0 Å². The highest BCUT2D eigenvalue weighted by molar-refractivity contribution is 5.92. The van der Waals surface area contributed by atoms with Crippen molar-refractivity contribution in [2.45, 2.75) is 13.0 Å². The van der Waals surface area contributed by atoms with E-state index in [0.29, 0.717) is 31.3 Å². The van der Waals surface area contributed by atoms with Gasteiger partial charge in [-0.3, -0.25) is 0 Å². The van der Waals surface area contributed by atoms with Gasteiger partial charge in [-0.1, -0.05) is 6.07 Å². The highest BCUT2D eigenvalue weighted by Crippen LogP contribution is 2.32. The number of fused-ring (bicyclic) bond motifs is 1. The summed E-state index contributed by atoms with van der Waals surface area (Å²) in [6.45, 7) is 1.61. The van der Waals surface area contributed by atoms with E-state index in [1.54, 1.807) is 12.1 Å². The molecule has 7 nitrogen and oxygen atoms in total. The summed E-state index contributed by atoms with van der Waals surface area (Å²) in [5, 5.41) is 12.8. The van der Waals surface area contributed by atoms with E-state index in [1.807, 2.05) is 24.3 Å². The van der Waals surface area contributed by atoms with Crippen LogP contribution < -0.4 is 25.3 Å². The maximum Gasteiger partial charge on any atom is 0.193 e. The predicted molar refractivity (Wildman–Crippen MR) is 95.7 cm³/mol. The lowest BCUT2D eigenvalue weighted by Gasteiger charge is -2.11. The summed E-state index contributed by atoms with van der Waals surface area (Å²) >= 11 is 0. The fraction of sp³-hybridized carbons (Fsp3) is 0.278. The number of phenols is 1. The standard InChI is InChI=1S/C18H21N3O4/c1-23-15-5-3-12(9-14(15)22)11-20-18(19)21-13-4-6-16-17(10-13)25-8-2-7-24-16/h3-6,9-10,22H,2,7-8,11H2,1H3,(H3,19,20,21). The van der Waals surface area contributed by atoms with Crippen LogP contribution in [-0.4, -0.2) is 31.4 Å². The number of hydrogen-bond donors (Lipinski definition) is 3. The van der Waals surface area contributed by atoms with E-state index in [0.717, 1.165) is 23.4 Å². The Hall–Kier alpha value is -3.09. The van der Waals surface area contributed by atoms with Crippen molar-refractivity contribution in [3.8, 4) is 23.0 Å². The van der Waals surface area contributed by atoms with Gasteiger partial charge in [0.1, 0.15) is 0 Å². The highest BCUT2D eigenvalue weighted by Gasteiger charge is 2.11. The Balaban J connectivity index is 1.65. The lowest BCUT2D eigenvalue weighted by molar-refractivity contribution is 0.297. The predicted octanol–water partition coefficient (Wildman–Crippen LogP) is 2.49. The second kappa shape index (κ2) is 7.65. The SMILES string of the molecule is COc1ccc(CN=C(N)Nc2ccc3c(c2)OCCCO3)cc1O. The molecule has 0 bridgehead atoms. The number of nitrogens with zero attached hydrogens (tertiary/aromatic N) is 1. The fourth-order valence-electron chi connectivity index (χ4n) is 2.44. The Kier molecular flexibility index (Phi) is 5.13. The summed E-state index contributed by atoms with van der Waals surface area (Å²) in [5.41, 5.74) is 7.52. The summed E-state index contributed by atoms with van der Waals surface area (Å²) in [6.07, 6.45) is 0.857. The minimum absolute atomic E-state index is 0.0737. The van der Waals surface area contributed by atoms with E-state index in [2.05, 4.69) is 10.3 Å². The molecule has 0 fully saturated rings. The smallest absolute Gasteiger partial charge is 0.193 e. The maximum absolute atomic E-state index is 9.78. The molecular weight excluding hydrogens is 322 g/mol. The van der Waals surface area contributed by atoms with E-state index in [1.165, 1.54) is 7.11 Å². The van der Waals surface area contributed by atoms with Gasteiger partial charge < -0.3 is 30.4 Å². The van der Waals surface area contributed by atoms with Gasteiger partial charge in [0.2, 0.25) is 0 Å². The number of nitrogens with two attached hydrogens (primary N) is 1. The van der Waals surface area contributed by atoms with Crippen molar-refractivity contribution in [2.24, 2.45) is 10.7 Å². The third-order valence-corrected chi connectivity index (χ3v) is 3.70. The number of benzene rings is 2. The minimum Gasteiger partial charge on any atom is -0.504 e. The number of aliphatic imine (C=N–C) groups is 1. The first-order valence-corrected chi connectivity index (χ1v) is 7.98. The molecule has 0 saturated heterocycles. The molecule has 132 valence electrons. The average Bonchev–Trinajstić information content (AvgIpc) is 2.85. The molecule has 1 aliphatic rings. The Labute approximate surface area is 146 Å². The number of aromatic hydroxyl groups is 1. The van der Waals surface area contributed by atoms with Crippen LogP contribution in [0.15, 0.2) is 41.4 Å². The third-order valence-electron chi connectivity index (χ3n) is 3.70. The summed E-state index contributed by atoms with van der Waals surface area (Å²) in [4.78, 5) is 4.28. The van der Waals surface area contributed by atoms with Crippen molar-refractivity contribution in [1.82, 2.24) is 0 Å². The Morgan fingerprint density at radius 1 is 1.20 bits per heavy atom. The fourth-order valence-corrected chi connectivity index (χ4v) is 2.44. The molecular formula is C18H21N3O4. The molecule has 0 atom stereocenters. The van der Waals surface area contributed by atoms with Crippen LogP contribution in [0.4, 0.5) is 5.69 Å². The quantitative estimate of drug-likeness (QED) is 0.583. The average molecular weight is 343 g/mol. The zero-order valence-corrected chi connectivity index (χ0v) is 14.0. The molecule has 3 rings (SSSR count). The first kappa shape index (κ1) is 16.8. The molecule has 0 amide bonds. The van der Waals surface area contributed by atoms with Crippen molar-refractivity contribution >= 4 is 11.6 Å². The van der Waals surface area contributed by atoms with Crippen molar-refractivity contribution in [2.75, 3.05) is 25.6 Å². The summed E-state index contributed by atoms with van der Waals surface area (Å²) < 4.78 is 16.3. The number of methoxy groups -OCH3 is 1. The van der Waals surface area contributed by atoms with Crippen LogP contribution >= 0.6 is 0 Å². The molecule has 1 heterocycles. The minimum atomic E-state index is 0.0737. The third kappa shape index (κ3) is 4.26. The molecule has 0 aromatic heterocycles. The number of ether oxygens (including phenoxy) is 3. The van der Waals surface area contributed by atoms with Crippen LogP contribution in [0.3, 0.4) is 0 Å². The zero-order valence-electron chi connectivity index (χ0n) is 14.0. The van der Waals surface area contributed by atoms with E-state index in [-0.39, 0.29) is 11.7 Å². The lowest BCUT2D eigenvalue weighted by atomic mass is 10.2. The lowest BCUT2D eigenvalue weighted by Crippen LogP contribution is -2.22. The van der Waals surface area contributed by atoms with Crippen molar-refractivity contribution < 1.29 is 19.3 Å². The van der Waals surface area contributed by atoms with Gasteiger partial charge in [-0.15, -0.1) is 0 Å². The largest absolute Gasteiger partial charge is 0.504 e. The zero-order chi connectivity index (χ0) is 17.6. The number of phenolic OH excluding ortho intramolecular Hbond substituents is 1. The van der Waals surface area contributed by atoms with Crippen molar-refractivity contribution in [3.05, 3.63) is 42.0 Å². The Bertz CT molecular complexity index is 777. The molecule has 0 radical (unpaired) electrons. The van der Waals surface area contributed by atoms with Crippen molar-refractivity contribution in [3.63, 3.8) is 0 Å². The van der Waals surface area contributed by atoms with Gasteiger partial charge in [0.05, 0.1) is 26.9 Å². The number of rotatable bonds is 4. The van der Waals surface area contributed by atoms with E-state index < -0.39 is 0 Å². The monoisotopic (exact) mass is 343 g/mol. The molecule has 0 aliphatic carbocycles. The van der Waals surface area contributed by atoms with Gasteiger partial charge in [0.25, 0.3) is 0 Å². The molecule has 4 N–H and O–H groups in total. The molecule has 2 aromatic carbocycles. The second-order valence-corrected chi connectivity index (χ2v) is 5.54. The van der Waals surface area contributed by atoms with Crippen LogP contribution in [-0.2, 0) is 6.54 Å². The number of hydrogen-bond acceptors (Lipinski definition) is 5. The normalized spacial score (nSPS) is 13.9. The molecule has 2 aromatic rings. The second-order valence-electron chi connectivity index (χ2n) is 5.54. The molecule has 0 unspecified atom stereocenters. The summed E-state index contributed by atoms with van der Waals surface area (Å²) in [6, 6.07) is 10.6. The van der Waals surface area contributed by atoms with Gasteiger partial charge in [0.15, 0.2) is 29.0 Å². The van der Waals surface area contributed by atoms with Gasteiger partial charge >= 0.3 is 0 Å². The number of anilines is 1. The maximum atomic E-state index is 9.78. The van der Waals surface area contributed by atoms with Crippen LogP contribution in [0.2, 0.25) is 0 Å². The van der Waals surface area contributed by atoms with E-state index in [9.17, 15) is 5.11 Å². The Morgan fingerprint density at radius 2 is 2.00 bits per heavy atom. The molecule has 7 heteroatoms. The highest BCUT2D eigenvalue weighted by atomic mass is 16.5. The molecule has 0 saturated carbocycles. The number of guanidine groups is 1. The van der Waals surface area contributed by atoms with Crippen LogP contribution in [0.25, 0.3) is 0 Å².